The summed E-state index contributed by atoms with van der Waals surface area (Å²) in [7, 11) is 0. The van der Waals surface area contributed by atoms with Gasteiger partial charge in [0, 0.05) is 12.1 Å². The lowest BCUT2D eigenvalue weighted by atomic mass is 9.85. The third-order valence-electron chi connectivity index (χ3n) is 4.43. The van der Waals surface area contributed by atoms with Crippen molar-refractivity contribution >= 4 is 5.71 Å². The second kappa shape index (κ2) is 5.20. The van der Waals surface area contributed by atoms with Gasteiger partial charge in [0.25, 0.3) is 0 Å². The van der Waals surface area contributed by atoms with E-state index < -0.39 is 0 Å². The number of hydrogen-bond acceptors (Lipinski definition) is 2. The smallest absolute Gasteiger partial charge is 0.0751 e. The van der Waals surface area contributed by atoms with Gasteiger partial charge in [-0.3, -0.25) is 5.43 Å². The van der Waals surface area contributed by atoms with Crippen LogP contribution in [0.5, 0.6) is 0 Å². The highest BCUT2D eigenvalue weighted by Crippen LogP contribution is 2.34. The molecule has 0 aromatic heterocycles. The van der Waals surface area contributed by atoms with Crippen molar-refractivity contribution in [2.24, 2.45) is 16.9 Å². The SMILES string of the molecule is Cc1ccc(C2=NNC=C3CCC(C)CCC32)cc1. The van der Waals surface area contributed by atoms with Gasteiger partial charge < -0.3 is 0 Å². The molecule has 100 valence electrons. The van der Waals surface area contributed by atoms with E-state index in [2.05, 4.69) is 54.8 Å². The Morgan fingerprint density at radius 1 is 1.11 bits per heavy atom. The Kier molecular flexibility index (Phi) is 3.41. The number of hydrogen-bond donors (Lipinski definition) is 1. The number of benzene rings is 1. The van der Waals surface area contributed by atoms with E-state index in [9.17, 15) is 0 Å². The summed E-state index contributed by atoms with van der Waals surface area (Å²) in [6, 6.07) is 8.75. The van der Waals surface area contributed by atoms with Crippen LogP contribution in [0.3, 0.4) is 0 Å². The van der Waals surface area contributed by atoms with E-state index in [0.717, 1.165) is 5.92 Å². The third kappa shape index (κ3) is 2.58. The molecule has 2 aliphatic rings. The van der Waals surface area contributed by atoms with Crippen molar-refractivity contribution in [2.75, 3.05) is 0 Å². The summed E-state index contributed by atoms with van der Waals surface area (Å²) >= 11 is 0. The van der Waals surface area contributed by atoms with Crippen LogP contribution in [0.15, 0.2) is 41.1 Å². The molecule has 0 bridgehead atoms. The van der Waals surface area contributed by atoms with Gasteiger partial charge in [0.05, 0.1) is 5.71 Å². The van der Waals surface area contributed by atoms with E-state index in [1.807, 2.05) is 0 Å². The second-order valence-electron chi connectivity index (χ2n) is 5.99. The van der Waals surface area contributed by atoms with E-state index in [1.54, 1.807) is 0 Å². The fraction of sp³-hybridized carbons (Fsp3) is 0.471. The Balaban J connectivity index is 1.89. The van der Waals surface area contributed by atoms with Crippen molar-refractivity contribution in [2.45, 2.75) is 39.5 Å². The predicted octanol–water partition coefficient (Wildman–Crippen LogP) is 4.01. The van der Waals surface area contributed by atoms with Gasteiger partial charge in [-0.1, -0.05) is 36.8 Å². The molecule has 0 spiro atoms. The lowest BCUT2D eigenvalue weighted by molar-refractivity contribution is 0.499. The van der Waals surface area contributed by atoms with E-state index in [0.29, 0.717) is 5.92 Å². The molecule has 2 nitrogen and oxygen atoms in total. The van der Waals surface area contributed by atoms with E-state index in [1.165, 1.54) is 48.1 Å². The highest BCUT2D eigenvalue weighted by molar-refractivity contribution is 6.04. The Morgan fingerprint density at radius 2 is 1.89 bits per heavy atom. The van der Waals surface area contributed by atoms with Crippen LogP contribution in [-0.2, 0) is 0 Å². The molecule has 1 N–H and O–H groups in total. The lowest BCUT2D eigenvalue weighted by Crippen LogP contribution is -2.25. The molecule has 1 aliphatic carbocycles. The summed E-state index contributed by atoms with van der Waals surface area (Å²) in [5.41, 5.74) is 8.45. The summed E-state index contributed by atoms with van der Waals surface area (Å²) in [5, 5.41) is 4.57. The van der Waals surface area contributed by atoms with E-state index in [4.69, 9.17) is 0 Å². The van der Waals surface area contributed by atoms with Crippen LogP contribution in [0.1, 0.15) is 43.7 Å². The molecule has 0 radical (unpaired) electrons. The average molecular weight is 254 g/mol. The maximum absolute atomic E-state index is 4.57. The molecule has 2 heteroatoms. The maximum atomic E-state index is 4.57. The first-order valence-electron chi connectivity index (χ1n) is 7.33. The highest BCUT2D eigenvalue weighted by atomic mass is 15.3. The molecule has 2 atom stereocenters. The van der Waals surface area contributed by atoms with Gasteiger partial charge in [-0.25, -0.2) is 0 Å². The molecule has 1 aromatic carbocycles. The molecule has 1 heterocycles. The van der Waals surface area contributed by atoms with Crippen molar-refractivity contribution in [3.8, 4) is 0 Å². The van der Waals surface area contributed by atoms with Crippen LogP contribution in [-0.4, -0.2) is 5.71 Å². The molecular formula is C17H22N2. The van der Waals surface area contributed by atoms with Crippen molar-refractivity contribution < 1.29 is 0 Å². The molecule has 1 aromatic rings. The van der Waals surface area contributed by atoms with Crippen LogP contribution in [0.4, 0.5) is 0 Å². The summed E-state index contributed by atoms with van der Waals surface area (Å²) < 4.78 is 0. The van der Waals surface area contributed by atoms with Gasteiger partial charge in [0.15, 0.2) is 0 Å². The standard InChI is InChI=1S/C17H22N2/c1-12-3-7-14(8-4-12)17-16-10-6-13(2)5-9-15(16)11-18-19-17/h3-4,7-8,11,13,16,18H,5-6,9-10H2,1-2H3. The zero-order valence-electron chi connectivity index (χ0n) is 11.8. The van der Waals surface area contributed by atoms with Crippen LogP contribution in [0, 0.1) is 18.8 Å². The van der Waals surface area contributed by atoms with Crippen LogP contribution in [0.2, 0.25) is 0 Å². The molecule has 0 amide bonds. The normalized spacial score (nSPS) is 26.6. The van der Waals surface area contributed by atoms with Crippen LogP contribution < -0.4 is 5.43 Å². The van der Waals surface area contributed by atoms with Crippen molar-refractivity contribution in [1.29, 1.82) is 0 Å². The van der Waals surface area contributed by atoms with Crippen molar-refractivity contribution in [3.63, 3.8) is 0 Å². The first-order chi connectivity index (χ1) is 9.24. The van der Waals surface area contributed by atoms with Gasteiger partial charge in [-0.05, 0) is 49.7 Å². The largest absolute Gasteiger partial charge is 0.286 e. The number of rotatable bonds is 1. The minimum absolute atomic E-state index is 0.522. The molecule has 1 fully saturated rings. The number of nitrogens with zero attached hydrogens (tertiary/aromatic N) is 1. The number of fused-ring (bicyclic) bond motifs is 1. The topological polar surface area (TPSA) is 24.4 Å². The minimum atomic E-state index is 0.522. The van der Waals surface area contributed by atoms with Gasteiger partial charge in [0.1, 0.15) is 0 Å². The lowest BCUT2D eigenvalue weighted by Gasteiger charge is -2.24. The van der Waals surface area contributed by atoms with Crippen LogP contribution in [0.25, 0.3) is 0 Å². The molecule has 2 unspecified atom stereocenters. The Morgan fingerprint density at radius 3 is 2.68 bits per heavy atom. The highest BCUT2D eigenvalue weighted by Gasteiger charge is 2.27. The predicted molar refractivity (Wildman–Crippen MR) is 80.1 cm³/mol. The maximum Gasteiger partial charge on any atom is 0.0751 e. The van der Waals surface area contributed by atoms with E-state index in [-0.39, 0.29) is 0 Å². The number of aryl methyl sites for hydroxylation is 1. The molecule has 19 heavy (non-hydrogen) atoms. The average Bonchev–Trinajstić information content (AvgIpc) is 2.62. The minimum Gasteiger partial charge on any atom is -0.286 e. The fourth-order valence-corrected chi connectivity index (χ4v) is 3.11. The first kappa shape index (κ1) is 12.5. The molecule has 1 aliphatic heterocycles. The Hall–Kier alpha value is -1.57. The summed E-state index contributed by atoms with van der Waals surface area (Å²) in [4.78, 5) is 0. The summed E-state index contributed by atoms with van der Waals surface area (Å²) in [6.07, 6.45) is 7.20. The fourth-order valence-electron chi connectivity index (χ4n) is 3.11. The second-order valence-corrected chi connectivity index (χ2v) is 5.99. The Bertz CT molecular complexity index is 511. The Labute approximate surface area is 115 Å². The van der Waals surface area contributed by atoms with Crippen LogP contribution >= 0.6 is 0 Å². The molecular weight excluding hydrogens is 232 g/mol. The van der Waals surface area contributed by atoms with Gasteiger partial charge in [-0.15, -0.1) is 0 Å². The van der Waals surface area contributed by atoms with Gasteiger partial charge in [-0.2, -0.15) is 5.10 Å². The van der Waals surface area contributed by atoms with Crippen molar-refractivity contribution in [3.05, 3.63) is 47.2 Å². The molecule has 3 rings (SSSR count). The quantitative estimate of drug-likeness (QED) is 0.804. The monoisotopic (exact) mass is 254 g/mol. The van der Waals surface area contributed by atoms with Gasteiger partial charge >= 0.3 is 0 Å². The molecule has 1 saturated carbocycles. The summed E-state index contributed by atoms with van der Waals surface area (Å²) in [5.74, 6) is 1.36. The number of allylic oxidation sites excluding steroid dienone is 1. The molecule has 0 saturated heterocycles. The first-order valence-corrected chi connectivity index (χ1v) is 7.33. The zero-order valence-corrected chi connectivity index (χ0v) is 11.8. The van der Waals surface area contributed by atoms with E-state index >= 15 is 0 Å². The third-order valence-corrected chi connectivity index (χ3v) is 4.43. The summed E-state index contributed by atoms with van der Waals surface area (Å²) in [6.45, 7) is 4.50. The number of hydrazone groups is 1. The zero-order chi connectivity index (χ0) is 13.2. The number of nitrogens with one attached hydrogen (secondary N) is 1. The van der Waals surface area contributed by atoms with Crippen molar-refractivity contribution in [1.82, 2.24) is 5.43 Å². The van der Waals surface area contributed by atoms with Gasteiger partial charge in [0.2, 0.25) is 0 Å².